The van der Waals surface area contributed by atoms with Gasteiger partial charge in [0, 0.05) is 10.6 Å². The summed E-state index contributed by atoms with van der Waals surface area (Å²) < 4.78 is 5.08. The largest absolute Gasteiger partial charge is 0.462 e. The van der Waals surface area contributed by atoms with E-state index in [0.29, 0.717) is 17.2 Å². The van der Waals surface area contributed by atoms with Crippen LogP contribution in [0.25, 0.3) is 0 Å². The van der Waals surface area contributed by atoms with E-state index in [2.05, 4.69) is 10.6 Å². The van der Waals surface area contributed by atoms with Crippen LogP contribution in [-0.2, 0) is 4.74 Å². The lowest BCUT2D eigenvalue weighted by molar-refractivity contribution is 0.0527. The minimum atomic E-state index is -0.416. The smallest absolute Gasteiger partial charge is 0.341 e. The van der Waals surface area contributed by atoms with Gasteiger partial charge in [-0.15, -0.1) is 11.3 Å². The molecule has 0 aliphatic heterocycles. The number of amides is 2. The topological polar surface area (TPSA) is 67.4 Å². The maximum atomic E-state index is 12.2. The Morgan fingerprint density at radius 3 is 2.48 bits per heavy atom. The zero-order chi connectivity index (χ0) is 17.0. The first-order valence-corrected chi connectivity index (χ1v) is 8.16. The van der Waals surface area contributed by atoms with Crippen molar-refractivity contribution in [1.29, 1.82) is 0 Å². The molecule has 0 fully saturated rings. The monoisotopic (exact) mass is 332 g/mol. The molecule has 0 radical (unpaired) electrons. The fraction of sp³-hybridized carbons (Fsp3) is 0.294. The lowest BCUT2D eigenvalue weighted by Gasteiger charge is -2.10. The fourth-order valence-electron chi connectivity index (χ4n) is 2.13. The molecule has 0 spiro atoms. The minimum absolute atomic E-state index is 0.294. The molecule has 0 atom stereocenters. The third kappa shape index (κ3) is 3.90. The van der Waals surface area contributed by atoms with Crippen LogP contribution >= 0.6 is 11.3 Å². The van der Waals surface area contributed by atoms with Gasteiger partial charge in [0.05, 0.1) is 12.2 Å². The van der Waals surface area contributed by atoms with Gasteiger partial charge in [-0.05, 0) is 44.9 Å². The number of benzene rings is 1. The molecule has 0 saturated carbocycles. The summed E-state index contributed by atoms with van der Waals surface area (Å²) in [5.41, 5.74) is 2.95. The van der Waals surface area contributed by atoms with Crippen LogP contribution < -0.4 is 10.6 Å². The summed E-state index contributed by atoms with van der Waals surface area (Å²) >= 11 is 1.37. The van der Waals surface area contributed by atoms with Crippen molar-refractivity contribution in [3.8, 4) is 0 Å². The van der Waals surface area contributed by atoms with Crippen molar-refractivity contribution < 1.29 is 14.3 Å². The second-order valence-corrected chi connectivity index (χ2v) is 6.33. The van der Waals surface area contributed by atoms with Crippen molar-refractivity contribution in [3.63, 3.8) is 0 Å². The number of carbonyl (C=O) groups is 2. The summed E-state index contributed by atoms with van der Waals surface area (Å²) in [5, 5.41) is 6.05. The van der Waals surface area contributed by atoms with E-state index >= 15 is 0 Å². The lowest BCUT2D eigenvalue weighted by atomic mass is 10.1. The molecular weight excluding hydrogens is 312 g/mol. The molecular formula is C17H20N2O3S. The zero-order valence-electron chi connectivity index (χ0n) is 13.6. The number of carbonyl (C=O) groups excluding carboxylic acids is 2. The van der Waals surface area contributed by atoms with E-state index in [1.165, 1.54) is 11.3 Å². The second kappa shape index (κ2) is 7.28. The summed E-state index contributed by atoms with van der Waals surface area (Å²) in [5.74, 6) is -0.416. The van der Waals surface area contributed by atoms with Crippen LogP contribution in [0.15, 0.2) is 24.3 Å². The number of urea groups is 1. The minimum Gasteiger partial charge on any atom is -0.462 e. The van der Waals surface area contributed by atoms with Gasteiger partial charge in [0.2, 0.25) is 0 Å². The number of rotatable bonds is 4. The summed E-state index contributed by atoms with van der Waals surface area (Å²) in [6.07, 6.45) is 0. The average Bonchev–Trinajstić information content (AvgIpc) is 2.76. The molecule has 1 heterocycles. The highest BCUT2D eigenvalue weighted by Gasteiger charge is 2.22. The Morgan fingerprint density at radius 1 is 1.13 bits per heavy atom. The molecule has 23 heavy (non-hydrogen) atoms. The number of esters is 1. The number of nitrogens with one attached hydrogen (secondary N) is 2. The third-order valence-corrected chi connectivity index (χ3v) is 4.61. The van der Waals surface area contributed by atoms with Gasteiger partial charge in [-0.3, -0.25) is 5.32 Å². The maximum absolute atomic E-state index is 12.2. The number of anilines is 2. The van der Waals surface area contributed by atoms with Gasteiger partial charge >= 0.3 is 12.0 Å². The number of thiophene rings is 1. The summed E-state index contributed by atoms with van der Waals surface area (Å²) in [7, 11) is 0. The van der Waals surface area contributed by atoms with Crippen molar-refractivity contribution in [2.24, 2.45) is 0 Å². The van der Waals surface area contributed by atoms with E-state index in [1.807, 2.05) is 45.0 Å². The first-order chi connectivity index (χ1) is 10.9. The molecule has 0 saturated heterocycles. The number of para-hydroxylation sites is 1. The Kier molecular flexibility index (Phi) is 5.39. The first kappa shape index (κ1) is 17.0. The maximum Gasteiger partial charge on any atom is 0.341 e. The van der Waals surface area contributed by atoms with E-state index in [-0.39, 0.29) is 6.03 Å². The number of hydrogen-bond donors (Lipinski definition) is 2. The molecule has 0 aliphatic carbocycles. The molecule has 2 aromatic rings. The van der Waals surface area contributed by atoms with Crippen LogP contribution in [0.3, 0.4) is 0 Å². The van der Waals surface area contributed by atoms with Crippen molar-refractivity contribution in [3.05, 3.63) is 45.8 Å². The van der Waals surface area contributed by atoms with E-state index in [1.54, 1.807) is 6.92 Å². The van der Waals surface area contributed by atoms with Gasteiger partial charge in [0.1, 0.15) is 5.00 Å². The van der Waals surface area contributed by atoms with Crippen LogP contribution in [0.1, 0.15) is 33.3 Å². The van der Waals surface area contributed by atoms with Crippen LogP contribution in [0.4, 0.5) is 15.5 Å². The fourth-order valence-corrected chi connectivity index (χ4v) is 3.18. The Morgan fingerprint density at radius 2 is 1.83 bits per heavy atom. The summed E-state index contributed by atoms with van der Waals surface area (Å²) in [6.45, 7) is 7.72. The van der Waals surface area contributed by atoms with Crippen molar-refractivity contribution in [2.45, 2.75) is 27.7 Å². The molecule has 5 nitrogen and oxygen atoms in total. The van der Waals surface area contributed by atoms with E-state index in [9.17, 15) is 9.59 Å². The second-order valence-electron chi connectivity index (χ2n) is 5.10. The average molecular weight is 332 g/mol. The molecule has 0 bridgehead atoms. The van der Waals surface area contributed by atoms with Crippen LogP contribution in [0.5, 0.6) is 0 Å². The molecule has 2 N–H and O–H groups in total. The number of hydrogen-bond acceptors (Lipinski definition) is 4. The molecule has 6 heteroatoms. The Bertz CT molecular complexity index is 737. The molecule has 0 unspecified atom stereocenters. The SMILES string of the molecule is CCOC(=O)c1c(NC(=O)Nc2ccccc2C)sc(C)c1C. The highest BCUT2D eigenvalue weighted by atomic mass is 32.1. The normalized spacial score (nSPS) is 10.3. The molecule has 0 aliphatic rings. The van der Waals surface area contributed by atoms with Crippen molar-refractivity contribution in [2.75, 3.05) is 17.2 Å². The van der Waals surface area contributed by atoms with Gasteiger partial charge in [0.15, 0.2) is 0 Å². The highest BCUT2D eigenvalue weighted by Crippen LogP contribution is 2.33. The quantitative estimate of drug-likeness (QED) is 0.810. The highest BCUT2D eigenvalue weighted by molar-refractivity contribution is 7.16. The summed E-state index contributed by atoms with van der Waals surface area (Å²) in [4.78, 5) is 25.3. The van der Waals surface area contributed by atoms with Gasteiger partial charge < -0.3 is 10.1 Å². The lowest BCUT2D eigenvalue weighted by Crippen LogP contribution is -2.21. The van der Waals surface area contributed by atoms with Crippen LogP contribution in [0, 0.1) is 20.8 Å². The summed E-state index contributed by atoms with van der Waals surface area (Å²) in [6, 6.07) is 7.12. The molecule has 122 valence electrons. The Labute approximate surface area is 139 Å². The Balaban J connectivity index is 2.20. The predicted molar refractivity (Wildman–Crippen MR) is 93.6 cm³/mol. The zero-order valence-corrected chi connectivity index (χ0v) is 14.5. The van der Waals surface area contributed by atoms with Crippen LogP contribution in [-0.4, -0.2) is 18.6 Å². The molecule has 2 rings (SSSR count). The van der Waals surface area contributed by atoms with Gasteiger partial charge in [-0.2, -0.15) is 0 Å². The van der Waals surface area contributed by atoms with E-state index < -0.39 is 5.97 Å². The van der Waals surface area contributed by atoms with Gasteiger partial charge in [-0.25, -0.2) is 9.59 Å². The van der Waals surface area contributed by atoms with Crippen LogP contribution in [0.2, 0.25) is 0 Å². The standard InChI is InChI=1S/C17H20N2O3S/c1-5-22-16(20)14-11(3)12(4)23-15(14)19-17(21)18-13-9-7-6-8-10(13)2/h6-9H,5H2,1-4H3,(H2,18,19,21). The van der Waals surface area contributed by atoms with E-state index in [4.69, 9.17) is 4.74 Å². The third-order valence-electron chi connectivity index (χ3n) is 3.49. The molecule has 2 amide bonds. The van der Waals surface area contributed by atoms with Gasteiger partial charge in [0.25, 0.3) is 0 Å². The first-order valence-electron chi connectivity index (χ1n) is 7.34. The number of ether oxygens (including phenoxy) is 1. The van der Waals surface area contributed by atoms with E-state index in [0.717, 1.165) is 21.7 Å². The molecule has 1 aromatic heterocycles. The van der Waals surface area contributed by atoms with Crippen molar-refractivity contribution >= 4 is 34.0 Å². The predicted octanol–water partition coefficient (Wildman–Crippen LogP) is 4.49. The Hall–Kier alpha value is -2.34. The number of aryl methyl sites for hydroxylation is 2. The molecule has 1 aromatic carbocycles. The van der Waals surface area contributed by atoms with Crippen molar-refractivity contribution in [1.82, 2.24) is 0 Å². The van der Waals surface area contributed by atoms with Gasteiger partial charge in [-0.1, -0.05) is 18.2 Å².